The van der Waals surface area contributed by atoms with Crippen LogP contribution in [0.5, 0.6) is 0 Å². The summed E-state index contributed by atoms with van der Waals surface area (Å²) in [7, 11) is 0. The molecule has 21 heavy (non-hydrogen) atoms. The van der Waals surface area contributed by atoms with Crippen molar-refractivity contribution in [2.24, 2.45) is 0 Å². The van der Waals surface area contributed by atoms with Gasteiger partial charge in [0, 0.05) is 12.0 Å². The van der Waals surface area contributed by atoms with Crippen LogP contribution in [0.15, 0.2) is 42.5 Å². The van der Waals surface area contributed by atoms with Crippen LogP contribution < -0.4 is 5.32 Å². The Labute approximate surface area is 124 Å². The largest absolute Gasteiger partial charge is 0.313 e. The normalized spacial score (nSPS) is 18.0. The summed E-state index contributed by atoms with van der Waals surface area (Å²) in [5, 5.41) is 3.49. The van der Waals surface area contributed by atoms with Gasteiger partial charge in [0.2, 0.25) is 0 Å². The Hall–Kier alpha value is -1.74. The van der Waals surface area contributed by atoms with Crippen molar-refractivity contribution in [3.05, 3.63) is 70.8 Å². The Morgan fingerprint density at radius 1 is 1.14 bits per heavy atom. The summed E-state index contributed by atoms with van der Waals surface area (Å²) < 4.78 is 26.4. The summed E-state index contributed by atoms with van der Waals surface area (Å²) in [6.45, 7) is 2.94. The van der Waals surface area contributed by atoms with Gasteiger partial charge in [-0.2, -0.15) is 0 Å². The van der Waals surface area contributed by atoms with Gasteiger partial charge >= 0.3 is 0 Å². The first-order chi connectivity index (χ1) is 10.2. The van der Waals surface area contributed by atoms with Crippen molar-refractivity contribution in [1.82, 2.24) is 5.32 Å². The van der Waals surface area contributed by atoms with E-state index in [1.165, 1.54) is 23.3 Å². The van der Waals surface area contributed by atoms with Crippen molar-refractivity contribution < 1.29 is 8.78 Å². The van der Waals surface area contributed by atoms with Gasteiger partial charge in [0.25, 0.3) is 0 Å². The minimum Gasteiger partial charge on any atom is -0.313 e. The standard InChI is InChI=1S/C18H19F2N/c1-2-21-18(10-12-7-8-16(19)17(20)9-12)15-11-13-5-3-4-6-14(13)15/h3-9,15,18,21H,2,10-11H2,1H3. The van der Waals surface area contributed by atoms with Crippen LogP contribution >= 0.6 is 0 Å². The molecule has 2 unspecified atom stereocenters. The lowest BCUT2D eigenvalue weighted by Crippen LogP contribution is -2.41. The highest BCUT2D eigenvalue weighted by Gasteiger charge is 2.32. The Morgan fingerprint density at radius 3 is 2.67 bits per heavy atom. The molecule has 2 aromatic carbocycles. The molecule has 0 amide bonds. The predicted molar refractivity (Wildman–Crippen MR) is 80.4 cm³/mol. The summed E-state index contributed by atoms with van der Waals surface area (Å²) in [5.74, 6) is -1.10. The topological polar surface area (TPSA) is 12.0 Å². The fourth-order valence-electron chi connectivity index (χ4n) is 3.20. The van der Waals surface area contributed by atoms with Crippen molar-refractivity contribution in [2.75, 3.05) is 6.54 Å². The number of halogens is 2. The molecule has 0 aromatic heterocycles. The molecule has 110 valence electrons. The first-order valence-electron chi connectivity index (χ1n) is 7.44. The lowest BCUT2D eigenvalue weighted by atomic mass is 9.72. The molecule has 0 saturated heterocycles. The molecule has 3 rings (SSSR count). The van der Waals surface area contributed by atoms with Gasteiger partial charge in [0.05, 0.1) is 0 Å². The zero-order valence-corrected chi connectivity index (χ0v) is 12.1. The summed E-state index contributed by atoms with van der Waals surface area (Å²) in [6.07, 6.45) is 1.77. The van der Waals surface area contributed by atoms with Gasteiger partial charge in [-0.25, -0.2) is 8.78 Å². The van der Waals surface area contributed by atoms with E-state index in [1.807, 2.05) is 0 Å². The minimum absolute atomic E-state index is 0.259. The van der Waals surface area contributed by atoms with E-state index in [4.69, 9.17) is 0 Å². The Bertz CT molecular complexity index is 639. The molecule has 1 aliphatic rings. The molecule has 0 heterocycles. The number of benzene rings is 2. The third-order valence-electron chi connectivity index (χ3n) is 4.29. The monoisotopic (exact) mass is 287 g/mol. The number of nitrogens with one attached hydrogen (secondary N) is 1. The Kier molecular flexibility index (Phi) is 4.02. The van der Waals surface area contributed by atoms with E-state index in [0.29, 0.717) is 12.3 Å². The van der Waals surface area contributed by atoms with Crippen LogP contribution in [0.3, 0.4) is 0 Å². The van der Waals surface area contributed by atoms with Crippen molar-refractivity contribution in [2.45, 2.75) is 31.7 Å². The molecule has 0 radical (unpaired) electrons. The molecule has 0 aliphatic heterocycles. The van der Waals surface area contributed by atoms with Gasteiger partial charge < -0.3 is 5.32 Å². The van der Waals surface area contributed by atoms with Crippen LogP contribution in [0.25, 0.3) is 0 Å². The van der Waals surface area contributed by atoms with Gasteiger partial charge in [0.15, 0.2) is 11.6 Å². The maximum atomic E-state index is 13.4. The lowest BCUT2D eigenvalue weighted by molar-refractivity contribution is 0.403. The van der Waals surface area contributed by atoms with Crippen LogP contribution in [0.2, 0.25) is 0 Å². The molecule has 2 aromatic rings. The molecule has 3 heteroatoms. The van der Waals surface area contributed by atoms with Crippen molar-refractivity contribution in [1.29, 1.82) is 0 Å². The lowest BCUT2D eigenvalue weighted by Gasteiger charge is -2.37. The first kappa shape index (κ1) is 14.2. The smallest absolute Gasteiger partial charge is 0.159 e. The molecule has 0 saturated carbocycles. The number of hydrogen-bond acceptors (Lipinski definition) is 1. The summed E-state index contributed by atoms with van der Waals surface area (Å²) in [6, 6.07) is 12.9. The summed E-state index contributed by atoms with van der Waals surface area (Å²) in [5.41, 5.74) is 3.62. The highest BCUT2D eigenvalue weighted by Crippen LogP contribution is 2.38. The second-order valence-electron chi connectivity index (χ2n) is 5.63. The molecule has 0 spiro atoms. The zero-order chi connectivity index (χ0) is 14.8. The molecular formula is C18H19F2N. The predicted octanol–water partition coefficient (Wildman–Crippen LogP) is 3.83. The van der Waals surface area contributed by atoms with Crippen molar-refractivity contribution >= 4 is 0 Å². The number of likely N-dealkylation sites (N-methyl/N-ethyl adjacent to an activating group) is 1. The van der Waals surface area contributed by atoms with Gasteiger partial charge in [-0.3, -0.25) is 0 Å². The average molecular weight is 287 g/mol. The van der Waals surface area contributed by atoms with Crippen LogP contribution in [0, 0.1) is 11.6 Å². The highest BCUT2D eigenvalue weighted by molar-refractivity contribution is 5.41. The van der Waals surface area contributed by atoms with Crippen LogP contribution in [-0.2, 0) is 12.8 Å². The van der Waals surface area contributed by atoms with E-state index >= 15 is 0 Å². The van der Waals surface area contributed by atoms with E-state index in [9.17, 15) is 8.78 Å². The van der Waals surface area contributed by atoms with Gasteiger partial charge in [0.1, 0.15) is 0 Å². The third kappa shape index (κ3) is 2.84. The van der Waals surface area contributed by atoms with Crippen LogP contribution in [0.1, 0.15) is 29.5 Å². The first-order valence-corrected chi connectivity index (χ1v) is 7.44. The van der Waals surface area contributed by atoms with E-state index in [2.05, 4.69) is 36.5 Å². The molecule has 2 atom stereocenters. The maximum Gasteiger partial charge on any atom is 0.159 e. The maximum absolute atomic E-state index is 13.4. The highest BCUT2D eigenvalue weighted by atomic mass is 19.2. The van der Waals surface area contributed by atoms with Gasteiger partial charge in [-0.05, 0) is 48.2 Å². The SMILES string of the molecule is CCNC(Cc1ccc(F)c(F)c1)C1Cc2ccccc21. The second-order valence-corrected chi connectivity index (χ2v) is 5.63. The quantitative estimate of drug-likeness (QED) is 0.881. The average Bonchev–Trinajstić information content (AvgIpc) is 2.44. The summed E-state index contributed by atoms with van der Waals surface area (Å²) in [4.78, 5) is 0. The molecule has 1 aliphatic carbocycles. The van der Waals surface area contributed by atoms with Gasteiger partial charge in [-0.15, -0.1) is 0 Å². The molecule has 0 bridgehead atoms. The summed E-state index contributed by atoms with van der Waals surface area (Å²) >= 11 is 0. The fourth-order valence-corrected chi connectivity index (χ4v) is 3.20. The van der Waals surface area contributed by atoms with E-state index < -0.39 is 11.6 Å². The van der Waals surface area contributed by atoms with Crippen molar-refractivity contribution in [3.8, 4) is 0 Å². The zero-order valence-electron chi connectivity index (χ0n) is 12.1. The Morgan fingerprint density at radius 2 is 1.95 bits per heavy atom. The number of hydrogen-bond donors (Lipinski definition) is 1. The number of fused-ring (bicyclic) bond motifs is 1. The third-order valence-corrected chi connectivity index (χ3v) is 4.29. The van der Waals surface area contributed by atoms with Gasteiger partial charge in [-0.1, -0.05) is 37.3 Å². The minimum atomic E-state index is -0.784. The van der Waals surface area contributed by atoms with Crippen molar-refractivity contribution in [3.63, 3.8) is 0 Å². The van der Waals surface area contributed by atoms with E-state index in [-0.39, 0.29) is 6.04 Å². The Balaban J connectivity index is 1.78. The van der Waals surface area contributed by atoms with Crippen LogP contribution in [0.4, 0.5) is 8.78 Å². The number of rotatable bonds is 5. The van der Waals surface area contributed by atoms with Crippen LogP contribution in [-0.4, -0.2) is 12.6 Å². The molecule has 1 nitrogen and oxygen atoms in total. The second kappa shape index (κ2) is 5.94. The fraction of sp³-hybridized carbons (Fsp3) is 0.333. The molecule has 1 N–H and O–H groups in total. The molecule has 0 fully saturated rings. The van der Waals surface area contributed by atoms with E-state index in [1.54, 1.807) is 6.07 Å². The molecular weight excluding hydrogens is 268 g/mol. The van der Waals surface area contributed by atoms with E-state index in [0.717, 1.165) is 18.5 Å².